The number of hydrogen-bond donors (Lipinski definition) is 2. The monoisotopic (exact) mass is 288 g/mol. The van der Waals surface area contributed by atoms with Crippen molar-refractivity contribution >= 4 is 11.9 Å². The van der Waals surface area contributed by atoms with Gasteiger partial charge >= 0.3 is 6.03 Å². The number of carbonyl (C=O) groups is 2. The Morgan fingerprint density at radius 2 is 2.05 bits per heavy atom. The van der Waals surface area contributed by atoms with Crippen molar-refractivity contribution < 1.29 is 9.59 Å². The molecule has 0 radical (unpaired) electrons. The first kappa shape index (κ1) is 13.9. The molecule has 0 aliphatic carbocycles. The standard InChI is InChI=1S/C15H20N4O2/c16-6-5-11-1-3-12(4-2-11)14(20)18-7-8-19-13(10-18)9-17-15(19)21/h1-4,13H,5-10,16H2,(H,17,21). The molecule has 2 saturated heterocycles. The average molecular weight is 288 g/mol. The molecule has 2 aliphatic heterocycles. The van der Waals surface area contributed by atoms with Gasteiger partial charge in [0.25, 0.3) is 5.91 Å². The first-order valence-electron chi connectivity index (χ1n) is 7.32. The number of urea groups is 1. The topological polar surface area (TPSA) is 78.7 Å². The highest BCUT2D eigenvalue weighted by Gasteiger charge is 2.36. The first-order chi connectivity index (χ1) is 10.2. The van der Waals surface area contributed by atoms with Crippen molar-refractivity contribution in [2.45, 2.75) is 12.5 Å². The molecule has 2 aliphatic rings. The Balaban J connectivity index is 1.66. The Morgan fingerprint density at radius 3 is 2.76 bits per heavy atom. The molecule has 2 fully saturated rings. The summed E-state index contributed by atoms with van der Waals surface area (Å²) in [6.07, 6.45) is 0.822. The highest BCUT2D eigenvalue weighted by atomic mass is 16.2. The number of rotatable bonds is 3. The summed E-state index contributed by atoms with van der Waals surface area (Å²) in [7, 11) is 0. The van der Waals surface area contributed by atoms with Crippen LogP contribution in [-0.4, -0.2) is 60.5 Å². The minimum absolute atomic E-state index is 0.0155. The molecule has 21 heavy (non-hydrogen) atoms. The van der Waals surface area contributed by atoms with Crippen molar-refractivity contribution in [2.24, 2.45) is 5.73 Å². The predicted molar refractivity (Wildman–Crippen MR) is 79.0 cm³/mol. The lowest BCUT2D eigenvalue weighted by Gasteiger charge is -2.36. The number of fused-ring (bicyclic) bond motifs is 1. The van der Waals surface area contributed by atoms with Gasteiger partial charge in [-0.2, -0.15) is 0 Å². The van der Waals surface area contributed by atoms with E-state index in [0.717, 1.165) is 12.0 Å². The van der Waals surface area contributed by atoms with E-state index in [4.69, 9.17) is 5.73 Å². The Hall–Kier alpha value is -2.08. The van der Waals surface area contributed by atoms with Crippen LogP contribution in [0.1, 0.15) is 15.9 Å². The zero-order valence-corrected chi connectivity index (χ0v) is 11.9. The maximum Gasteiger partial charge on any atom is 0.317 e. The number of carbonyl (C=O) groups excluding carboxylic acids is 2. The van der Waals surface area contributed by atoms with Crippen molar-refractivity contribution in [3.8, 4) is 0 Å². The molecule has 3 rings (SSSR count). The number of piperazine rings is 1. The van der Waals surface area contributed by atoms with E-state index in [1.54, 1.807) is 0 Å². The molecule has 1 aromatic rings. The molecule has 0 saturated carbocycles. The van der Waals surface area contributed by atoms with Crippen LogP contribution in [0.2, 0.25) is 0 Å². The van der Waals surface area contributed by atoms with Crippen LogP contribution >= 0.6 is 0 Å². The SMILES string of the molecule is NCCc1ccc(C(=O)N2CCN3C(=O)NCC3C2)cc1. The number of nitrogens with zero attached hydrogens (tertiary/aromatic N) is 2. The van der Waals surface area contributed by atoms with Gasteiger partial charge in [-0.05, 0) is 30.7 Å². The lowest BCUT2D eigenvalue weighted by Crippen LogP contribution is -2.53. The first-order valence-corrected chi connectivity index (χ1v) is 7.32. The summed E-state index contributed by atoms with van der Waals surface area (Å²) in [5, 5.41) is 2.82. The second kappa shape index (κ2) is 5.73. The highest BCUT2D eigenvalue weighted by molar-refractivity contribution is 5.94. The van der Waals surface area contributed by atoms with Crippen LogP contribution in [0.4, 0.5) is 4.79 Å². The second-order valence-corrected chi connectivity index (χ2v) is 5.52. The molecule has 3 amide bonds. The zero-order valence-electron chi connectivity index (χ0n) is 11.9. The molecule has 1 unspecified atom stereocenters. The average Bonchev–Trinajstić information content (AvgIpc) is 2.88. The van der Waals surface area contributed by atoms with Gasteiger partial charge in [0.15, 0.2) is 0 Å². The van der Waals surface area contributed by atoms with E-state index < -0.39 is 0 Å². The fraction of sp³-hybridized carbons (Fsp3) is 0.467. The summed E-state index contributed by atoms with van der Waals surface area (Å²) >= 11 is 0. The largest absolute Gasteiger partial charge is 0.336 e. The number of nitrogens with one attached hydrogen (secondary N) is 1. The Morgan fingerprint density at radius 1 is 1.29 bits per heavy atom. The fourth-order valence-electron chi connectivity index (χ4n) is 2.95. The third-order valence-electron chi connectivity index (χ3n) is 4.15. The van der Waals surface area contributed by atoms with Gasteiger partial charge in [0.2, 0.25) is 0 Å². The van der Waals surface area contributed by atoms with Crippen LogP contribution in [-0.2, 0) is 6.42 Å². The van der Waals surface area contributed by atoms with Gasteiger partial charge in [-0.1, -0.05) is 12.1 Å². The van der Waals surface area contributed by atoms with Gasteiger partial charge in [-0.15, -0.1) is 0 Å². The van der Waals surface area contributed by atoms with Gasteiger partial charge in [0, 0.05) is 31.7 Å². The van der Waals surface area contributed by atoms with Crippen LogP contribution in [0.25, 0.3) is 0 Å². The van der Waals surface area contributed by atoms with Crippen molar-refractivity contribution in [2.75, 3.05) is 32.7 Å². The molecule has 2 heterocycles. The molecule has 1 aromatic carbocycles. The van der Waals surface area contributed by atoms with E-state index in [2.05, 4.69) is 5.32 Å². The maximum atomic E-state index is 12.5. The molecule has 0 bridgehead atoms. The minimum Gasteiger partial charge on any atom is -0.336 e. The fourth-order valence-corrected chi connectivity index (χ4v) is 2.95. The summed E-state index contributed by atoms with van der Waals surface area (Å²) in [6.45, 7) is 3.03. The van der Waals surface area contributed by atoms with Crippen molar-refractivity contribution in [3.63, 3.8) is 0 Å². The molecular formula is C15H20N4O2. The summed E-state index contributed by atoms with van der Waals surface area (Å²) < 4.78 is 0. The van der Waals surface area contributed by atoms with Crippen molar-refractivity contribution in [1.29, 1.82) is 0 Å². The zero-order chi connectivity index (χ0) is 14.8. The smallest absolute Gasteiger partial charge is 0.317 e. The van der Waals surface area contributed by atoms with Gasteiger partial charge in [0.1, 0.15) is 0 Å². The van der Waals surface area contributed by atoms with Crippen LogP contribution in [0.5, 0.6) is 0 Å². The molecule has 0 aromatic heterocycles. The molecule has 112 valence electrons. The second-order valence-electron chi connectivity index (χ2n) is 5.52. The van der Waals surface area contributed by atoms with Gasteiger partial charge < -0.3 is 20.9 Å². The number of nitrogens with two attached hydrogens (primary N) is 1. The molecule has 3 N–H and O–H groups in total. The third-order valence-corrected chi connectivity index (χ3v) is 4.15. The van der Waals surface area contributed by atoms with Crippen LogP contribution < -0.4 is 11.1 Å². The number of benzene rings is 1. The predicted octanol–water partition coefficient (Wildman–Crippen LogP) is 0.0374. The van der Waals surface area contributed by atoms with E-state index in [0.29, 0.717) is 38.3 Å². The Labute approximate surface area is 123 Å². The highest BCUT2D eigenvalue weighted by Crippen LogP contribution is 2.17. The van der Waals surface area contributed by atoms with E-state index in [1.165, 1.54) is 0 Å². The molecule has 6 nitrogen and oxygen atoms in total. The summed E-state index contributed by atoms with van der Waals surface area (Å²) in [6, 6.07) is 7.72. The summed E-state index contributed by atoms with van der Waals surface area (Å²) in [4.78, 5) is 27.7. The normalized spacial score (nSPS) is 21.2. The van der Waals surface area contributed by atoms with Crippen molar-refractivity contribution in [1.82, 2.24) is 15.1 Å². The maximum absolute atomic E-state index is 12.5. The number of hydrogen-bond acceptors (Lipinski definition) is 3. The molecular weight excluding hydrogens is 268 g/mol. The summed E-state index contributed by atoms with van der Waals surface area (Å²) in [5.41, 5.74) is 7.36. The van der Waals surface area contributed by atoms with E-state index >= 15 is 0 Å². The van der Waals surface area contributed by atoms with Gasteiger partial charge in [0.05, 0.1) is 6.04 Å². The van der Waals surface area contributed by atoms with E-state index in [-0.39, 0.29) is 18.0 Å². The molecule has 0 spiro atoms. The van der Waals surface area contributed by atoms with Crippen molar-refractivity contribution in [3.05, 3.63) is 35.4 Å². The van der Waals surface area contributed by atoms with Gasteiger partial charge in [-0.3, -0.25) is 4.79 Å². The lowest BCUT2D eigenvalue weighted by atomic mass is 10.1. The van der Waals surface area contributed by atoms with Crippen LogP contribution in [0.3, 0.4) is 0 Å². The number of amides is 3. The van der Waals surface area contributed by atoms with Gasteiger partial charge in [-0.25, -0.2) is 4.79 Å². The quantitative estimate of drug-likeness (QED) is 0.824. The molecule has 1 atom stereocenters. The van der Waals surface area contributed by atoms with Crippen LogP contribution in [0.15, 0.2) is 24.3 Å². The summed E-state index contributed by atoms with van der Waals surface area (Å²) in [5.74, 6) is 0.0355. The van der Waals surface area contributed by atoms with Crippen LogP contribution in [0, 0.1) is 0 Å². The molecule has 6 heteroatoms. The third kappa shape index (κ3) is 2.71. The minimum atomic E-state index is -0.0155. The lowest BCUT2D eigenvalue weighted by molar-refractivity contribution is 0.0617. The Bertz CT molecular complexity index is 543. The van der Waals surface area contributed by atoms with E-state index in [1.807, 2.05) is 34.1 Å². The Kier molecular flexibility index (Phi) is 3.79. The van der Waals surface area contributed by atoms with E-state index in [9.17, 15) is 9.59 Å².